The molecule has 0 fully saturated rings. The Morgan fingerprint density at radius 3 is 1.74 bits per heavy atom. The van der Waals surface area contributed by atoms with Crippen LogP contribution in [0.4, 0.5) is 0 Å². The molecule has 0 spiro atoms. The number of ketones is 1. The fourth-order valence-corrected chi connectivity index (χ4v) is 1.73. The minimum atomic E-state index is -0.523. The SMILES string of the molecule is CC(C)(C)C(=O)C(=C(O)C(C)(C)C)c1ccccc1. The molecule has 0 aliphatic heterocycles. The van der Waals surface area contributed by atoms with Gasteiger partial charge in [-0.05, 0) is 5.56 Å². The lowest BCUT2D eigenvalue weighted by atomic mass is 9.79. The van der Waals surface area contributed by atoms with Gasteiger partial charge in [-0.15, -0.1) is 0 Å². The van der Waals surface area contributed by atoms with E-state index in [2.05, 4.69) is 0 Å². The highest BCUT2D eigenvalue weighted by Gasteiger charge is 2.32. The number of carbonyl (C=O) groups is 1. The van der Waals surface area contributed by atoms with Gasteiger partial charge in [0.2, 0.25) is 0 Å². The Kier molecular flexibility index (Phi) is 4.24. The van der Waals surface area contributed by atoms with Crippen LogP contribution in [-0.2, 0) is 4.79 Å². The minimum absolute atomic E-state index is 0.0360. The maximum Gasteiger partial charge on any atom is 0.172 e. The van der Waals surface area contributed by atoms with Gasteiger partial charge in [-0.2, -0.15) is 0 Å². The second-order valence-corrected chi connectivity index (χ2v) is 6.92. The van der Waals surface area contributed by atoms with Gasteiger partial charge >= 0.3 is 0 Å². The van der Waals surface area contributed by atoms with E-state index in [-0.39, 0.29) is 11.5 Å². The van der Waals surface area contributed by atoms with Gasteiger partial charge in [-0.1, -0.05) is 71.9 Å². The maximum atomic E-state index is 12.6. The van der Waals surface area contributed by atoms with Crippen molar-refractivity contribution in [3.8, 4) is 0 Å². The normalized spacial score (nSPS) is 14.0. The summed E-state index contributed by atoms with van der Waals surface area (Å²) in [5, 5.41) is 10.5. The standard InChI is InChI=1S/C17H24O2/c1-16(2,3)14(18)13(15(19)17(4,5)6)12-10-8-7-9-11-12/h7-11,18H,1-6H3. The second-order valence-electron chi connectivity index (χ2n) is 6.92. The summed E-state index contributed by atoms with van der Waals surface area (Å²) in [5.74, 6) is 0.116. The summed E-state index contributed by atoms with van der Waals surface area (Å²) in [7, 11) is 0. The molecule has 1 aromatic rings. The first-order valence-electron chi connectivity index (χ1n) is 6.59. The van der Waals surface area contributed by atoms with Crippen LogP contribution in [0.1, 0.15) is 47.1 Å². The molecule has 104 valence electrons. The van der Waals surface area contributed by atoms with Crippen molar-refractivity contribution >= 4 is 11.4 Å². The fourth-order valence-electron chi connectivity index (χ4n) is 1.73. The van der Waals surface area contributed by atoms with Crippen molar-refractivity contribution in [1.29, 1.82) is 0 Å². The number of aliphatic hydroxyl groups excluding tert-OH is 1. The van der Waals surface area contributed by atoms with Crippen LogP contribution in [0.2, 0.25) is 0 Å². The van der Waals surface area contributed by atoms with E-state index in [9.17, 15) is 9.90 Å². The number of Topliss-reactive ketones (excluding diaryl/α,β-unsaturated/α-hetero) is 1. The van der Waals surface area contributed by atoms with Crippen molar-refractivity contribution < 1.29 is 9.90 Å². The van der Waals surface area contributed by atoms with E-state index in [1.54, 1.807) is 0 Å². The molecule has 1 aromatic carbocycles. The van der Waals surface area contributed by atoms with Crippen LogP contribution >= 0.6 is 0 Å². The zero-order valence-corrected chi connectivity index (χ0v) is 12.7. The molecule has 0 radical (unpaired) electrons. The predicted octanol–water partition coefficient (Wildman–Crippen LogP) is 4.62. The third kappa shape index (κ3) is 3.69. The lowest BCUT2D eigenvalue weighted by Crippen LogP contribution is -2.25. The van der Waals surface area contributed by atoms with Crippen LogP contribution in [-0.4, -0.2) is 10.9 Å². The van der Waals surface area contributed by atoms with E-state index < -0.39 is 10.8 Å². The Morgan fingerprint density at radius 2 is 1.37 bits per heavy atom. The Morgan fingerprint density at radius 1 is 0.895 bits per heavy atom. The van der Waals surface area contributed by atoms with Crippen LogP contribution in [0, 0.1) is 10.8 Å². The zero-order valence-electron chi connectivity index (χ0n) is 12.7. The summed E-state index contributed by atoms with van der Waals surface area (Å²) in [6.45, 7) is 11.3. The summed E-state index contributed by atoms with van der Waals surface area (Å²) in [6, 6.07) is 9.38. The topological polar surface area (TPSA) is 37.3 Å². The van der Waals surface area contributed by atoms with Gasteiger partial charge in [-0.3, -0.25) is 4.79 Å². The molecular weight excluding hydrogens is 236 g/mol. The molecule has 0 aliphatic rings. The first-order valence-corrected chi connectivity index (χ1v) is 6.59. The lowest BCUT2D eigenvalue weighted by molar-refractivity contribution is -0.120. The summed E-state index contributed by atoms with van der Waals surface area (Å²) in [4.78, 5) is 12.6. The predicted molar refractivity (Wildman–Crippen MR) is 79.9 cm³/mol. The van der Waals surface area contributed by atoms with E-state index in [0.29, 0.717) is 5.57 Å². The van der Waals surface area contributed by atoms with Gasteiger partial charge in [0.15, 0.2) is 5.78 Å². The van der Waals surface area contributed by atoms with Crippen LogP contribution in [0.3, 0.4) is 0 Å². The Bertz CT molecular complexity index is 482. The fraction of sp³-hybridized carbons (Fsp3) is 0.471. The quantitative estimate of drug-likeness (QED) is 0.622. The van der Waals surface area contributed by atoms with Crippen LogP contribution in [0.25, 0.3) is 5.57 Å². The molecule has 2 heteroatoms. The first kappa shape index (κ1) is 15.5. The summed E-state index contributed by atoms with van der Waals surface area (Å²) >= 11 is 0. The Hall–Kier alpha value is -1.57. The van der Waals surface area contributed by atoms with Gasteiger partial charge in [0.1, 0.15) is 5.76 Å². The molecule has 0 unspecified atom stereocenters. The molecule has 0 atom stereocenters. The van der Waals surface area contributed by atoms with E-state index in [1.165, 1.54) is 0 Å². The van der Waals surface area contributed by atoms with Gasteiger partial charge < -0.3 is 5.11 Å². The van der Waals surface area contributed by atoms with Crippen molar-refractivity contribution in [3.05, 3.63) is 41.7 Å². The molecule has 0 amide bonds. The van der Waals surface area contributed by atoms with Crippen molar-refractivity contribution in [2.75, 3.05) is 0 Å². The van der Waals surface area contributed by atoms with Crippen molar-refractivity contribution in [2.45, 2.75) is 41.5 Å². The Labute approximate surface area is 116 Å². The van der Waals surface area contributed by atoms with Gasteiger partial charge in [0, 0.05) is 10.8 Å². The monoisotopic (exact) mass is 260 g/mol. The molecule has 0 saturated carbocycles. The molecule has 19 heavy (non-hydrogen) atoms. The van der Waals surface area contributed by atoms with Crippen molar-refractivity contribution in [1.82, 2.24) is 0 Å². The van der Waals surface area contributed by atoms with E-state index >= 15 is 0 Å². The molecule has 0 heterocycles. The highest BCUT2D eigenvalue weighted by Crippen LogP contribution is 2.35. The van der Waals surface area contributed by atoms with Gasteiger partial charge in [0.05, 0.1) is 5.57 Å². The summed E-state index contributed by atoms with van der Waals surface area (Å²) in [6.07, 6.45) is 0. The van der Waals surface area contributed by atoms with E-state index in [0.717, 1.165) is 5.56 Å². The smallest absolute Gasteiger partial charge is 0.172 e. The number of hydrogen-bond acceptors (Lipinski definition) is 2. The van der Waals surface area contributed by atoms with Crippen molar-refractivity contribution in [3.63, 3.8) is 0 Å². The highest BCUT2D eigenvalue weighted by atomic mass is 16.3. The summed E-state index contributed by atoms with van der Waals surface area (Å²) < 4.78 is 0. The van der Waals surface area contributed by atoms with E-state index in [4.69, 9.17) is 0 Å². The van der Waals surface area contributed by atoms with E-state index in [1.807, 2.05) is 71.9 Å². The third-order valence-corrected chi connectivity index (χ3v) is 2.92. The minimum Gasteiger partial charge on any atom is -0.511 e. The first-order chi connectivity index (χ1) is 8.55. The van der Waals surface area contributed by atoms with Crippen molar-refractivity contribution in [2.24, 2.45) is 10.8 Å². The zero-order chi connectivity index (χ0) is 14.8. The number of allylic oxidation sites excluding steroid dienone is 2. The number of aliphatic hydroxyl groups is 1. The molecule has 1 N–H and O–H groups in total. The largest absolute Gasteiger partial charge is 0.511 e. The molecular formula is C17H24O2. The summed E-state index contributed by atoms with van der Waals surface area (Å²) in [5.41, 5.74) is 0.228. The molecule has 0 bridgehead atoms. The molecule has 1 rings (SSSR count). The van der Waals surface area contributed by atoms with Crippen LogP contribution in [0.5, 0.6) is 0 Å². The number of hydrogen-bond donors (Lipinski definition) is 1. The molecule has 2 nitrogen and oxygen atoms in total. The molecule has 0 saturated heterocycles. The third-order valence-electron chi connectivity index (χ3n) is 2.92. The average molecular weight is 260 g/mol. The van der Waals surface area contributed by atoms with Gasteiger partial charge in [0.25, 0.3) is 0 Å². The van der Waals surface area contributed by atoms with Crippen LogP contribution < -0.4 is 0 Å². The highest BCUT2D eigenvalue weighted by molar-refractivity contribution is 6.23. The Balaban J connectivity index is 3.50. The van der Waals surface area contributed by atoms with Crippen LogP contribution in [0.15, 0.2) is 36.1 Å². The van der Waals surface area contributed by atoms with Gasteiger partial charge in [-0.25, -0.2) is 0 Å². The number of rotatable bonds is 2. The number of carbonyl (C=O) groups excluding carboxylic acids is 1. The second kappa shape index (κ2) is 5.20. The lowest BCUT2D eigenvalue weighted by Gasteiger charge is -2.25. The molecule has 0 aliphatic carbocycles. The average Bonchev–Trinajstić information content (AvgIpc) is 2.28. The maximum absolute atomic E-state index is 12.6. The number of benzene rings is 1. The molecule has 0 aromatic heterocycles.